The van der Waals surface area contributed by atoms with Crippen LogP contribution in [0.1, 0.15) is 25.7 Å². The van der Waals surface area contributed by atoms with E-state index in [1.807, 2.05) is 0 Å². The second-order valence-corrected chi connectivity index (χ2v) is 5.30. The number of halogens is 2. The number of anilines is 1. The van der Waals surface area contributed by atoms with E-state index in [0.717, 1.165) is 30.2 Å². The van der Waals surface area contributed by atoms with E-state index in [-0.39, 0.29) is 5.82 Å². The zero-order valence-electron chi connectivity index (χ0n) is 9.05. The van der Waals surface area contributed by atoms with Crippen LogP contribution in [-0.2, 0) is 0 Å². The molecule has 0 radical (unpaired) electrons. The molecule has 1 aliphatic rings. The molecule has 0 saturated heterocycles. The maximum atomic E-state index is 13.5. The van der Waals surface area contributed by atoms with E-state index in [4.69, 9.17) is 5.73 Å². The molecule has 0 heterocycles. The summed E-state index contributed by atoms with van der Waals surface area (Å²) in [4.78, 5) is 0. The number of hydrogen-bond donors (Lipinski definition) is 2. The molecule has 0 aromatic heterocycles. The summed E-state index contributed by atoms with van der Waals surface area (Å²) in [6.07, 6.45) is 4.08. The molecule has 1 aromatic rings. The van der Waals surface area contributed by atoms with Crippen molar-refractivity contribution in [3.8, 4) is 0 Å². The van der Waals surface area contributed by atoms with Gasteiger partial charge in [0, 0.05) is 16.6 Å². The van der Waals surface area contributed by atoms with Crippen LogP contribution < -0.4 is 11.1 Å². The third-order valence-corrected chi connectivity index (χ3v) is 3.55. The molecule has 0 aliphatic heterocycles. The molecule has 4 heteroatoms. The summed E-state index contributed by atoms with van der Waals surface area (Å²) in [6, 6.07) is 5.64. The van der Waals surface area contributed by atoms with E-state index in [2.05, 4.69) is 21.2 Å². The number of rotatable bonds is 2. The second-order valence-electron chi connectivity index (χ2n) is 4.38. The number of nitrogens with one attached hydrogen (secondary N) is 1. The molecule has 1 aromatic carbocycles. The number of nitrogens with two attached hydrogens (primary N) is 1. The first kappa shape index (κ1) is 11.9. The minimum Gasteiger partial charge on any atom is -0.380 e. The largest absolute Gasteiger partial charge is 0.380 e. The summed E-state index contributed by atoms with van der Waals surface area (Å²) >= 11 is 3.34. The van der Waals surface area contributed by atoms with Crippen molar-refractivity contribution in [2.24, 2.45) is 5.73 Å². The predicted molar refractivity (Wildman–Crippen MR) is 68.0 cm³/mol. The molecule has 0 bridgehead atoms. The highest BCUT2D eigenvalue weighted by Gasteiger charge is 2.19. The van der Waals surface area contributed by atoms with E-state index < -0.39 is 0 Å². The summed E-state index contributed by atoms with van der Waals surface area (Å²) in [5.41, 5.74) is 6.41. The maximum Gasteiger partial charge on any atom is 0.146 e. The van der Waals surface area contributed by atoms with Crippen LogP contribution >= 0.6 is 15.9 Å². The Kier molecular flexibility index (Phi) is 3.82. The maximum absolute atomic E-state index is 13.5. The molecule has 1 fully saturated rings. The Labute approximate surface area is 104 Å². The molecule has 2 rings (SSSR count). The second kappa shape index (κ2) is 5.15. The molecule has 0 unspecified atom stereocenters. The Hall–Kier alpha value is -0.610. The van der Waals surface area contributed by atoms with Crippen molar-refractivity contribution in [3.63, 3.8) is 0 Å². The summed E-state index contributed by atoms with van der Waals surface area (Å²) in [5.74, 6) is -0.196. The third kappa shape index (κ3) is 2.95. The van der Waals surface area contributed by atoms with Crippen molar-refractivity contribution in [2.45, 2.75) is 37.8 Å². The van der Waals surface area contributed by atoms with Crippen LogP contribution in [-0.4, -0.2) is 12.1 Å². The van der Waals surface area contributed by atoms with E-state index in [0.29, 0.717) is 17.8 Å². The highest BCUT2D eigenvalue weighted by Crippen LogP contribution is 2.25. The molecule has 16 heavy (non-hydrogen) atoms. The first-order valence-corrected chi connectivity index (χ1v) is 6.41. The molecule has 0 atom stereocenters. The number of hydrogen-bond acceptors (Lipinski definition) is 2. The van der Waals surface area contributed by atoms with Gasteiger partial charge in [-0.3, -0.25) is 0 Å². The van der Waals surface area contributed by atoms with E-state index in [1.54, 1.807) is 12.1 Å². The Morgan fingerprint density at radius 2 is 1.94 bits per heavy atom. The fraction of sp³-hybridized carbons (Fsp3) is 0.500. The summed E-state index contributed by atoms with van der Waals surface area (Å²) < 4.78 is 14.4. The zero-order valence-corrected chi connectivity index (χ0v) is 10.6. The standard InChI is InChI=1S/C12H16BrFN2/c13-8-1-6-11(14)12(7-8)16-10-4-2-9(15)3-5-10/h1,6-7,9-10,16H,2-5,15H2. The van der Waals surface area contributed by atoms with Crippen molar-refractivity contribution < 1.29 is 4.39 Å². The Morgan fingerprint density at radius 1 is 1.25 bits per heavy atom. The topological polar surface area (TPSA) is 38.0 Å². The lowest BCUT2D eigenvalue weighted by molar-refractivity contribution is 0.410. The fourth-order valence-corrected chi connectivity index (χ4v) is 2.45. The van der Waals surface area contributed by atoms with Gasteiger partial charge in [0.2, 0.25) is 0 Å². The minimum absolute atomic E-state index is 0.196. The van der Waals surface area contributed by atoms with E-state index in [9.17, 15) is 4.39 Å². The van der Waals surface area contributed by atoms with Crippen molar-refractivity contribution >= 4 is 21.6 Å². The lowest BCUT2D eigenvalue weighted by atomic mass is 9.91. The van der Waals surface area contributed by atoms with Gasteiger partial charge in [0.15, 0.2) is 0 Å². The lowest BCUT2D eigenvalue weighted by Gasteiger charge is -2.27. The molecule has 3 N–H and O–H groups in total. The van der Waals surface area contributed by atoms with Crippen LogP contribution in [0.2, 0.25) is 0 Å². The SMILES string of the molecule is NC1CCC(Nc2cc(Br)ccc2F)CC1. The smallest absolute Gasteiger partial charge is 0.146 e. The van der Waals surface area contributed by atoms with Gasteiger partial charge in [-0.25, -0.2) is 4.39 Å². The van der Waals surface area contributed by atoms with Crippen molar-refractivity contribution in [2.75, 3.05) is 5.32 Å². The lowest BCUT2D eigenvalue weighted by Crippen LogP contribution is -2.33. The first-order valence-electron chi connectivity index (χ1n) is 5.62. The highest BCUT2D eigenvalue weighted by molar-refractivity contribution is 9.10. The van der Waals surface area contributed by atoms with Crippen LogP contribution in [0, 0.1) is 5.82 Å². The summed E-state index contributed by atoms with van der Waals surface area (Å²) in [5, 5.41) is 3.25. The van der Waals surface area contributed by atoms with Gasteiger partial charge in [0.1, 0.15) is 5.82 Å². The average molecular weight is 287 g/mol. The molecule has 2 nitrogen and oxygen atoms in total. The van der Waals surface area contributed by atoms with E-state index in [1.165, 1.54) is 6.07 Å². The molecule has 0 spiro atoms. The normalized spacial score (nSPS) is 25.4. The first-order chi connectivity index (χ1) is 7.65. The quantitative estimate of drug-likeness (QED) is 0.876. The summed E-state index contributed by atoms with van der Waals surface area (Å²) in [7, 11) is 0. The van der Waals surface area contributed by atoms with Gasteiger partial charge < -0.3 is 11.1 Å². The Bertz CT molecular complexity index is 362. The van der Waals surface area contributed by atoms with Crippen molar-refractivity contribution in [3.05, 3.63) is 28.5 Å². The Balaban J connectivity index is 2.00. The molecule has 1 aliphatic carbocycles. The van der Waals surface area contributed by atoms with Gasteiger partial charge >= 0.3 is 0 Å². The zero-order chi connectivity index (χ0) is 11.5. The van der Waals surface area contributed by atoms with Gasteiger partial charge in [-0.15, -0.1) is 0 Å². The van der Waals surface area contributed by atoms with Gasteiger partial charge in [-0.05, 0) is 43.9 Å². The number of benzene rings is 1. The third-order valence-electron chi connectivity index (χ3n) is 3.06. The van der Waals surface area contributed by atoms with Crippen LogP contribution in [0.3, 0.4) is 0 Å². The predicted octanol–water partition coefficient (Wildman–Crippen LogP) is 3.27. The van der Waals surface area contributed by atoms with Crippen LogP contribution in [0.15, 0.2) is 22.7 Å². The van der Waals surface area contributed by atoms with Gasteiger partial charge in [0.05, 0.1) is 5.69 Å². The van der Waals surface area contributed by atoms with Gasteiger partial charge in [-0.2, -0.15) is 0 Å². The fourth-order valence-electron chi connectivity index (χ4n) is 2.09. The molecular weight excluding hydrogens is 271 g/mol. The van der Waals surface area contributed by atoms with Crippen molar-refractivity contribution in [1.82, 2.24) is 0 Å². The molecule has 1 saturated carbocycles. The van der Waals surface area contributed by atoms with Gasteiger partial charge in [-0.1, -0.05) is 15.9 Å². The van der Waals surface area contributed by atoms with Crippen LogP contribution in [0.4, 0.5) is 10.1 Å². The molecule has 0 amide bonds. The Morgan fingerprint density at radius 3 is 2.62 bits per heavy atom. The molecular formula is C12H16BrFN2. The summed E-state index contributed by atoms with van der Waals surface area (Å²) in [6.45, 7) is 0. The van der Waals surface area contributed by atoms with Gasteiger partial charge in [0.25, 0.3) is 0 Å². The van der Waals surface area contributed by atoms with E-state index >= 15 is 0 Å². The molecule has 88 valence electrons. The highest BCUT2D eigenvalue weighted by atomic mass is 79.9. The average Bonchev–Trinajstić information content (AvgIpc) is 2.27. The monoisotopic (exact) mass is 286 g/mol. The van der Waals surface area contributed by atoms with Crippen LogP contribution in [0.5, 0.6) is 0 Å². The van der Waals surface area contributed by atoms with Crippen LogP contribution in [0.25, 0.3) is 0 Å². The minimum atomic E-state index is -0.196. The van der Waals surface area contributed by atoms with Crippen molar-refractivity contribution in [1.29, 1.82) is 0 Å².